The van der Waals surface area contributed by atoms with Crippen LogP contribution < -0.4 is 14.2 Å². The SMILES string of the molecule is O=C(COc1ccc2c(c1)OCO2)N1CCC(c2cc3nc(C(F)(F)F)ccc3[nH]2)CC1. The summed E-state index contributed by atoms with van der Waals surface area (Å²) in [5.41, 5.74) is 0.808. The molecule has 1 fully saturated rings. The first kappa shape index (κ1) is 20.5. The van der Waals surface area contributed by atoms with Crippen molar-refractivity contribution in [2.75, 3.05) is 26.5 Å². The number of ether oxygens (including phenoxy) is 3. The third-order valence-electron chi connectivity index (χ3n) is 5.78. The number of rotatable bonds is 4. The first-order valence-corrected chi connectivity index (χ1v) is 10.2. The van der Waals surface area contributed by atoms with Gasteiger partial charge in [-0.3, -0.25) is 4.79 Å². The van der Waals surface area contributed by atoms with Gasteiger partial charge in [0.1, 0.15) is 11.4 Å². The molecule has 0 spiro atoms. The summed E-state index contributed by atoms with van der Waals surface area (Å²) in [5, 5.41) is 0. The Morgan fingerprint density at radius 1 is 1.12 bits per heavy atom. The van der Waals surface area contributed by atoms with E-state index < -0.39 is 11.9 Å². The van der Waals surface area contributed by atoms with Gasteiger partial charge in [0.25, 0.3) is 5.91 Å². The average molecular weight is 447 g/mol. The maximum Gasteiger partial charge on any atom is 0.433 e. The Labute approximate surface area is 181 Å². The summed E-state index contributed by atoms with van der Waals surface area (Å²) in [6.45, 7) is 1.18. The molecule has 2 aliphatic heterocycles. The van der Waals surface area contributed by atoms with Gasteiger partial charge in [-0.25, -0.2) is 4.98 Å². The molecule has 10 heteroatoms. The van der Waals surface area contributed by atoms with Crippen LogP contribution >= 0.6 is 0 Å². The molecule has 168 valence electrons. The molecule has 2 aromatic heterocycles. The molecule has 0 bridgehead atoms. The molecule has 0 unspecified atom stereocenters. The molecule has 2 aliphatic rings. The van der Waals surface area contributed by atoms with Crippen LogP contribution in [0.2, 0.25) is 0 Å². The Bertz CT molecular complexity index is 1150. The predicted molar refractivity (Wildman–Crippen MR) is 108 cm³/mol. The minimum Gasteiger partial charge on any atom is -0.484 e. The fourth-order valence-electron chi connectivity index (χ4n) is 4.05. The number of amides is 1. The summed E-state index contributed by atoms with van der Waals surface area (Å²) in [5.74, 6) is 1.77. The van der Waals surface area contributed by atoms with E-state index in [1.807, 2.05) is 0 Å². The molecule has 0 atom stereocenters. The topological polar surface area (TPSA) is 76.7 Å². The number of halogens is 3. The number of likely N-dealkylation sites (tertiary alicyclic amines) is 1. The summed E-state index contributed by atoms with van der Waals surface area (Å²) in [7, 11) is 0. The van der Waals surface area contributed by atoms with E-state index in [4.69, 9.17) is 14.2 Å². The molecular formula is C22H20F3N3O4. The zero-order valence-corrected chi connectivity index (χ0v) is 16.9. The van der Waals surface area contributed by atoms with Crippen molar-refractivity contribution in [1.29, 1.82) is 0 Å². The van der Waals surface area contributed by atoms with Crippen LogP contribution in [0.4, 0.5) is 13.2 Å². The molecule has 5 rings (SSSR count). The Hall–Kier alpha value is -3.43. The van der Waals surface area contributed by atoms with Gasteiger partial charge >= 0.3 is 6.18 Å². The van der Waals surface area contributed by atoms with Crippen LogP contribution in [0.3, 0.4) is 0 Å². The minimum absolute atomic E-state index is 0.0825. The number of aromatic nitrogens is 2. The van der Waals surface area contributed by atoms with Gasteiger partial charge in [0, 0.05) is 30.8 Å². The van der Waals surface area contributed by atoms with Crippen LogP contribution in [-0.2, 0) is 11.0 Å². The number of hydrogen-bond donors (Lipinski definition) is 1. The summed E-state index contributed by atoms with van der Waals surface area (Å²) in [4.78, 5) is 21.2. The van der Waals surface area contributed by atoms with E-state index in [0.717, 1.165) is 11.8 Å². The molecule has 32 heavy (non-hydrogen) atoms. The second kappa shape index (κ2) is 7.92. The number of nitrogens with one attached hydrogen (secondary N) is 1. The molecule has 1 amide bonds. The Balaban J connectivity index is 1.17. The minimum atomic E-state index is -4.47. The number of fused-ring (bicyclic) bond motifs is 2. The standard InChI is InChI=1S/C22H20F3N3O4/c23-22(24,25)20-4-2-15-17(27-20)10-16(26-15)13-5-7-28(8-6-13)21(29)11-30-14-1-3-18-19(9-14)32-12-31-18/h1-4,9-10,13,26H,5-8,11-12H2. The van der Waals surface area contributed by atoms with Crippen molar-refractivity contribution in [2.45, 2.75) is 24.9 Å². The lowest BCUT2D eigenvalue weighted by Gasteiger charge is -2.31. The quantitative estimate of drug-likeness (QED) is 0.652. The van der Waals surface area contributed by atoms with E-state index in [-0.39, 0.29) is 25.2 Å². The van der Waals surface area contributed by atoms with Crippen LogP contribution in [0.5, 0.6) is 17.2 Å². The first-order valence-electron chi connectivity index (χ1n) is 10.2. The van der Waals surface area contributed by atoms with E-state index in [1.54, 1.807) is 29.2 Å². The lowest BCUT2D eigenvalue weighted by molar-refractivity contribution is -0.141. The van der Waals surface area contributed by atoms with E-state index in [2.05, 4.69) is 9.97 Å². The van der Waals surface area contributed by atoms with Crippen molar-refractivity contribution >= 4 is 16.9 Å². The van der Waals surface area contributed by atoms with Crippen molar-refractivity contribution in [2.24, 2.45) is 0 Å². The third kappa shape index (κ3) is 4.04. The number of H-pyrrole nitrogens is 1. The molecule has 7 nitrogen and oxygen atoms in total. The van der Waals surface area contributed by atoms with Crippen LogP contribution in [0, 0.1) is 0 Å². The van der Waals surface area contributed by atoms with Crippen LogP contribution in [0.15, 0.2) is 36.4 Å². The van der Waals surface area contributed by atoms with Gasteiger partial charge < -0.3 is 24.1 Å². The number of benzene rings is 1. The number of alkyl halides is 3. The Kier molecular flexibility index (Phi) is 5.07. The van der Waals surface area contributed by atoms with Gasteiger partial charge in [-0.2, -0.15) is 13.2 Å². The zero-order chi connectivity index (χ0) is 22.3. The number of piperidine rings is 1. The maximum absolute atomic E-state index is 12.9. The monoisotopic (exact) mass is 447 g/mol. The second-order valence-corrected chi connectivity index (χ2v) is 7.81. The maximum atomic E-state index is 12.9. The highest BCUT2D eigenvalue weighted by Crippen LogP contribution is 2.35. The van der Waals surface area contributed by atoms with Gasteiger partial charge in [0.2, 0.25) is 6.79 Å². The first-order chi connectivity index (χ1) is 15.4. The van der Waals surface area contributed by atoms with Crippen molar-refractivity contribution in [1.82, 2.24) is 14.9 Å². The van der Waals surface area contributed by atoms with Crippen LogP contribution in [0.1, 0.15) is 30.1 Å². The molecule has 0 saturated carbocycles. The van der Waals surface area contributed by atoms with Gasteiger partial charge in [0.05, 0.1) is 11.0 Å². The van der Waals surface area contributed by atoms with Crippen molar-refractivity contribution in [3.05, 3.63) is 47.8 Å². The smallest absolute Gasteiger partial charge is 0.433 e. The lowest BCUT2D eigenvalue weighted by Crippen LogP contribution is -2.40. The molecule has 0 aliphatic carbocycles. The summed E-state index contributed by atoms with van der Waals surface area (Å²) < 4.78 is 54.8. The van der Waals surface area contributed by atoms with Crippen LogP contribution in [-0.4, -0.2) is 47.3 Å². The van der Waals surface area contributed by atoms with E-state index >= 15 is 0 Å². The molecule has 0 radical (unpaired) electrons. The van der Waals surface area contributed by atoms with Crippen molar-refractivity contribution in [3.8, 4) is 17.2 Å². The van der Waals surface area contributed by atoms with Gasteiger partial charge in [-0.1, -0.05) is 0 Å². The highest BCUT2D eigenvalue weighted by Gasteiger charge is 2.33. The number of carbonyl (C=O) groups excluding carboxylic acids is 1. The molecule has 1 aromatic carbocycles. The Morgan fingerprint density at radius 2 is 1.91 bits per heavy atom. The highest BCUT2D eigenvalue weighted by molar-refractivity contribution is 5.78. The summed E-state index contributed by atoms with van der Waals surface area (Å²) >= 11 is 0. The largest absolute Gasteiger partial charge is 0.484 e. The zero-order valence-electron chi connectivity index (χ0n) is 16.9. The second-order valence-electron chi connectivity index (χ2n) is 7.81. The van der Waals surface area contributed by atoms with E-state index in [9.17, 15) is 18.0 Å². The normalized spacial score (nSPS) is 16.5. The summed E-state index contributed by atoms with van der Waals surface area (Å²) in [6, 6.07) is 9.21. The van der Waals surface area contributed by atoms with E-state index in [1.165, 1.54) is 6.07 Å². The number of hydrogen-bond acceptors (Lipinski definition) is 5. The fourth-order valence-corrected chi connectivity index (χ4v) is 4.05. The number of pyridine rings is 1. The molecule has 1 saturated heterocycles. The van der Waals surface area contributed by atoms with Gasteiger partial charge in [0.15, 0.2) is 18.1 Å². The molecular weight excluding hydrogens is 427 g/mol. The van der Waals surface area contributed by atoms with Crippen molar-refractivity contribution < 1.29 is 32.2 Å². The molecule has 3 aromatic rings. The number of nitrogens with zero attached hydrogens (tertiary/aromatic N) is 2. The van der Waals surface area contributed by atoms with Crippen LogP contribution in [0.25, 0.3) is 11.0 Å². The molecule has 4 heterocycles. The van der Waals surface area contributed by atoms with Gasteiger partial charge in [-0.15, -0.1) is 0 Å². The third-order valence-corrected chi connectivity index (χ3v) is 5.78. The van der Waals surface area contributed by atoms with Crippen molar-refractivity contribution in [3.63, 3.8) is 0 Å². The fraction of sp³-hybridized carbons (Fsp3) is 0.364. The Morgan fingerprint density at radius 3 is 2.69 bits per heavy atom. The van der Waals surface area contributed by atoms with Gasteiger partial charge in [-0.05, 0) is 43.2 Å². The summed E-state index contributed by atoms with van der Waals surface area (Å²) in [6.07, 6.45) is -3.07. The average Bonchev–Trinajstić information content (AvgIpc) is 3.42. The predicted octanol–water partition coefficient (Wildman–Crippen LogP) is 4.10. The van der Waals surface area contributed by atoms with E-state index in [0.29, 0.717) is 54.2 Å². The number of aromatic amines is 1. The molecule has 1 N–H and O–H groups in total. The number of carbonyl (C=O) groups is 1. The lowest BCUT2D eigenvalue weighted by atomic mass is 9.93. The highest BCUT2D eigenvalue weighted by atomic mass is 19.4.